The van der Waals surface area contributed by atoms with E-state index in [1.807, 2.05) is 25.1 Å². The van der Waals surface area contributed by atoms with E-state index < -0.39 is 0 Å². The molecule has 0 atom stereocenters. The van der Waals surface area contributed by atoms with E-state index in [4.69, 9.17) is 0 Å². The van der Waals surface area contributed by atoms with Crippen LogP contribution in [0.5, 0.6) is 0 Å². The lowest BCUT2D eigenvalue weighted by Crippen LogP contribution is -2.04. The summed E-state index contributed by atoms with van der Waals surface area (Å²) in [5.74, 6) is 0. The molecule has 0 aliphatic heterocycles. The number of halogens is 1. The minimum absolute atomic E-state index is 0.0433. The van der Waals surface area contributed by atoms with Gasteiger partial charge >= 0.3 is 0 Å². The van der Waals surface area contributed by atoms with Crippen molar-refractivity contribution in [1.29, 1.82) is 0 Å². The molecule has 2 nitrogen and oxygen atoms in total. The van der Waals surface area contributed by atoms with Crippen molar-refractivity contribution in [1.82, 2.24) is 4.98 Å². The summed E-state index contributed by atoms with van der Waals surface area (Å²) in [6.45, 7) is 2.01. The number of pyridine rings is 1. The van der Waals surface area contributed by atoms with Gasteiger partial charge in [0, 0.05) is 21.4 Å². The van der Waals surface area contributed by atoms with E-state index in [-0.39, 0.29) is 5.56 Å². The number of aromatic nitrogens is 1. The van der Waals surface area contributed by atoms with Gasteiger partial charge in [0.15, 0.2) is 0 Å². The van der Waals surface area contributed by atoms with Crippen molar-refractivity contribution < 1.29 is 0 Å². The molecule has 3 heteroatoms. The number of fused-ring (bicyclic) bond motifs is 1. The Hall–Kier alpha value is -1.09. The second kappa shape index (κ2) is 3.00. The van der Waals surface area contributed by atoms with Crippen LogP contribution in [0.25, 0.3) is 10.8 Å². The van der Waals surface area contributed by atoms with Crippen molar-refractivity contribution >= 4 is 26.7 Å². The predicted molar refractivity (Wildman–Crippen MR) is 57.0 cm³/mol. The first-order valence-corrected chi connectivity index (χ1v) is 4.75. The molecule has 0 fully saturated rings. The van der Waals surface area contributed by atoms with E-state index in [0.717, 1.165) is 20.8 Å². The molecule has 0 aliphatic rings. The molecule has 2 rings (SSSR count). The summed E-state index contributed by atoms with van der Waals surface area (Å²) < 4.78 is 0.922. The zero-order valence-electron chi connectivity index (χ0n) is 7.10. The minimum atomic E-state index is -0.0433. The first-order chi connectivity index (χ1) is 6.18. The number of hydrogen-bond acceptors (Lipinski definition) is 1. The lowest BCUT2D eigenvalue weighted by Gasteiger charge is -2.00. The topological polar surface area (TPSA) is 32.9 Å². The van der Waals surface area contributed by atoms with Gasteiger partial charge in [0.2, 0.25) is 0 Å². The Labute approximate surface area is 83.7 Å². The Balaban J connectivity index is 3.01. The van der Waals surface area contributed by atoms with Crippen LogP contribution in [0.1, 0.15) is 5.56 Å². The van der Waals surface area contributed by atoms with E-state index >= 15 is 0 Å². The van der Waals surface area contributed by atoms with Crippen molar-refractivity contribution in [3.05, 3.63) is 44.8 Å². The Morgan fingerprint density at radius 2 is 2.08 bits per heavy atom. The van der Waals surface area contributed by atoms with Gasteiger partial charge in [0.1, 0.15) is 0 Å². The van der Waals surface area contributed by atoms with Crippen LogP contribution in [-0.2, 0) is 0 Å². The van der Waals surface area contributed by atoms with Crippen LogP contribution in [0.4, 0.5) is 0 Å². The molecular weight excluding hydrogens is 230 g/mol. The molecule has 0 unspecified atom stereocenters. The van der Waals surface area contributed by atoms with Crippen molar-refractivity contribution in [3.63, 3.8) is 0 Å². The quantitative estimate of drug-likeness (QED) is 0.751. The fourth-order valence-electron chi connectivity index (χ4n) is 1.34. The van der Waals surface area contributed by atoms with Crippen LogP contribution in [0.2, 0.25) is 0 Å². The maximum absolute atomic E-state index is 11.4. The van der Waals surface area contributed by atoms with Gasteiger partial charge in [-0.25, -0.2) is 0 Å². The number of H-pyrrole nitrogens is 1. The first-order valence-electron chi connectivity index (χ1n) is 3.96. The lowest BCUT2D eigenvalue weighted by atomic mass is 10.1. The zero-order chi connectivity index (χ0) is 9.42. The number of aryl methyl sites for hydroxylation is 1. The third-order valence-electron chi connectivity index (χ3n) is 2.01. The van der Waals surface area contributed by atoms with E-state index in [9.17, 15) is 4.79 Å². The Morgan fingerprint density at radius 3 is 2.85 bits per heavy atom. The largest absolute Gasteiger partial charge is 0.327 e. The third-order valence-corrected chi connectivity index (χ3v) is 2.66. The van der Waals surface area contributed by atoms with Gasteiger partial charge in [-0.15, -0.1) is 0 Å². The first kappa shape index (κ1) is 8.51. The average Bonchev–Trinajstić information content (AvgIpc) is 2.12. The summed E-state index contributed by atoms with van der Waals surface area (Å²) in [4.78, 5) is 14.0. The molecule has 0 aliphatic carbocycles. The maximum atomic E-state index is 11.4. The molecule has 0 spiro atoms. The second-order valence-corrected chi connectivity index (χ2v) is 3.87. The molecule has 0 bridgehead atoms. The van der Waals surface area contributed by atoms with Gasteiger partial charge in [-0.1, -0.05) is 17.7 Å². The summed E-state index contributed by atoms with van der Waals surface area (Å²) in [6.07, 6.45) is 1.67. The number of aromatic amines is 1. The van der Waals surface area contributed by atoms with E-state index in [0.29, 0.717) is 0 Å². The van der Waals surface area contributed by atoms with Crippen molar-refractivity contribution in [2.24, 2.45) is 0 Å². The summed E-state index contributed by atoms with van der Waals surface area (Å²) in [6, 6.07) is 5.77. The fourth-order valence-corrected chi connectivity index (χ4v) is 1.78. The molecule has 1 N–H and O–H groups in total. The summed E-state index contributed by atoms with van der Waals surface area (Å²) >= 11 is 3.40. The van der Waals surface area contributed by atoms with Gasteiger partial charge in [0.25, 0.3) is 5.56 Å². The van der Waals surface area contributed by atoms with Gasteiger partial charge in [-0.05, 0) is 28.9 Å². The predicted octanol–water partition coefficient (Wildman–Crippen LogP) is 2.60. The highest BCUT2D eigenvalue weighted by Crippen LogP contribution is 2.20. The van der Waals surface area contributed by atoms with Crippen molar-refractivity contribution in [2.75, 3.05) is 0 Å². The summed E-state index contributed by atoms with van der Waals surface area (Å²) in [7, 11) is 0. The monoisotopic (exact) mass is 237 g/mol. The second-order valence-electron chi connectivity index (χ2n) is 3.01. The molecule has 13 heavy (non-hydrogen) atoms. The van der Waals surface area contributed by atoms with Gasteiger partial charge in [-0.2, -0.15) is 0 Å². The molecule has 0 amide bonds. The molecule has 0 radical (unpaired) electrons. The number of hydrogen-bond donors (Lipinski definition) is 1. The highest BCUT2D eigenvalue weighted by atomic mass is 79.9. The fraction of sp³-hybridized carbons (Fsp3) is 0.100. The molecule has 1 aromatic carbocycles. The highest BCUT2D eigenvalue weighted by Gasteiger charge is 2.01. The molecule has 2 aromatic rings. The Morgan fingerprint density at radius 1 is 1.31 bits per heavy atom. The van der Waals surface area contributed by atoms with E-state index in [2.05, 4.69) is 20.9 Å². The lowest BCUT2D eigenvalue weighted by molar-refractivity contribution is 1.26. The molecule has 66 valence electrons. The molecular formula is C10H8BrNO. The smallest absolute Gasteiger partial charge is 0.255 e. The van der Waals surface area contributed by atoms with Crippen LogP contribution in [0.3, 0.4) is 0 Å². The Kier molecular flexibility index (Phi) is 1.96. The third kappa shape index (κ3) is 1.40. The van der Waals surface area contributed by atoms with Crippen LogP contribution < -0.4 is 5.56 Å². The molecule has 0 saturated carbocycles. The number of benzene rings is 1. The molecule has 1 aromatic heterocycles. The van der Waals surface area contributed by atoms with Crippen LogP contribution >= 0.6 is 15.9 Å². The minimum Gasteiger partial charge on any atom is -0.327 e. The number of nitrogens with one attached hydrogen (secondary N) is 1. The van der Waals surface area contributed by atoms with Crippen LogP contribution in [0.15, 0.2) is 33.7 Å². The van der Waals surface area contributed by atoms with Crippen LogP contribution in [-0.4, -0.2) is 4.98 Å². The maximum Gasteiger partial charge on any atom is 0.255 e. The molecule has 0 saturated heterocycles. The molecule has 1 heterocycles. The van der Waals surface area contributed by atoms with Crippen LogP contribution in [0, 0.1) is 6.92 Å². The normalized spacial score (nSPS) is 10.6. The number of rotatable bonds is 0. The summed E-state index contributed by atoms with van der Waals surface area (Å²) in [5.41, 5.74) is 1.11. The van der Waals surface area contributed by atoms with Gasteiger partial charge < -0.3 is 4.98 Å². The average molecular weight is 238 g/mol. The van der Waals surface area contributed by atoms with Crippen molar-refractivity contribution in [2.45, 2.75) is 6.92 Å². The standard InChI is InChI=1S/C10H8BrNO/c1-6-2-3-7-8(4-6)9(11)5-12-10(7)13/h2-5H,1H3,(H,12,13). The Bertz CT molecular complexity index is 516. The SMILES string of the molecule is Cc1ccc2c(=O)[nH]cc(Br)c2c1. The highest BCUT2D eigenvalue weighted by molar-refractivity contribution is 9.10. The van der Waals surface area contributed by atoms with E-state index in [1.54, 1.807) is 6.20 Å². The van der Waals surface area contributed by atoms with Gasteiger partial charge in [-0.3, -0.25) is 4.79 Å². The summed E-state index contributed by atoms with van der Waals surface area (Å²) in [5, 5.41) is 1.68. The van der Waals surface area contributed by atoms with Crippen molar-refractivity contribution in [3.8, 4) is 0 Å². The zero-order valence-corrected chi connectivity index (χ0v) is 8.68. The van der Waals surface area contributed by atoms with Gasteiger partial charge in [0.05, 0.1) is 0 Å². The van der Waals surface area contributed by atoms with E-state index in [1.165, 1.54) is 0 Å².